The van der Waals surface area contributed by atoms with E-state index in [1.807, 2.05) is 13.8 Å². The van der Waals surface area contributed by atoms with Gasteiger partial charge in [-0.25, -0.2) is 0 Å². The third kappa shape index (κ3) is 4.07. The molecule has 0 spiro atoms. The van der Waals surface area contributed by atoms with Gasteiger partial charge in [0.25, 0.3) is 0 Å². The molecule has 0 aromatic carbocycles. The van der Waals surface area contributed by atoms with E-state index in [-0.39, 0.29) is 6.10 Å². The van der Waals surface area contributed by atoms with Gasteiger partial charge in [-0.1, -0.05) is 13.8 Å². The summed E-state index contributed by atoms with van der Waals surface area (Å²) in [7, 11) is 4.17. The van der Waals surface area contributed by atoms with Crippen LogP contribution in [0.4, 0.5) is 0 Å². The molecule has 0 heterocycles. The van der Waals surface area contributed by atoms with Crippen LogP contribution in [0, 0.1) is 0 Å². The van der Waals surface area contributed by atoms with Crippen LogP contribution in [0.1, 0.15) is 39.5 Å². The van der Waals surface area contributed by atoms with Gasteiger partial charge in [-0.3, -0.25) is 0 Å². The van der Waals surface area contributed by atoms with E-state index in [9.17, 15) is 5.11 Å². The molecule has 0 amide bonds. The summed E-state index contributed by atoms with van der Waals surface area (Å²) in [6.45, 7) is 4.00. The second kappa shape index (κ2) is 6.44. The molecule has 0 saturated heterocycles. The molecule has 1 fully saturated rings. The van der Waals surface area contributed by atoms with Crippen LogP contribution in [-0.2, 0) is 0 Å². The lowest BCUT2D eigenvalue weighted by molar-refractivity contribution is 0.0820. The zero-order valence-electron chi connectivity index (χ0n) is 8.88. The molecule has 1 rings (SSSR count). The summed E-state index contributed by atoms with van der Waals surface area (Å²) in [6, 6.07) is 0.615. The van der Waals surface area contributed by atoms with Crippen LogP contribution >= 0.6 is 0 Å². The lowest BCUT2D eigenvalue weighted by Crippen LogP contribution is -2.34. The Hall–Kier alpha value is -0.0800. The van der Waals surface area contributed by atoms with Crippen LogP contribution in [0.3, 0.4) is 0 Å². The summed E-state index contributed by atoms with van der Waals surface area (Å²) in [5.41, 5.74) is 0. The number of aliphatic hydroxyl groups excluding tert-OH is 1. The largest absolute Gasteiger partial charge is 0.393 e. The molecule has 1 N–H and O–H groups in total. The Balaban J connectivity index is 0.000000561. The second-order valence-corrected chi connectivity index (χ2v) is 3.44. The van der Waals surface area contributed by atoms with E-state index in [1.54, 1.807) is 0 Å². The predicted octanol–water partition coefficient (Wildman–Crippen LogP) is 1.88. The smallest absolute Gasteiger partial charge is 0.0555 e. The van der Waals surface area contributed by atoms with Crippen LogP contribution in [0.2, 0.25) is 0 Å². The Morgan fingerprint density at radius 2 is 1.75 bits per heavy atom. The standard InChI is InChI=1S/C8H17NO.C2H6/c1-9(2)7-4-3-5-8(10)6-7;1-2/h7-8,10H,3-6H2,1-2H3;1-2H3. The predicted molar refractivity (Wildman–Crippen MR) is 53.3 cm³/mol. The van der Waals surface area contributed by atoms with Gasteiger partial charge in [-0.15, -0.1) is 0 Å². The molecule has 2 atom stereocenters. The van der Waals surface area contributed by atoms with Gasteiger partial charge in [0.15, 0.2) is 0 Å². The first kappa shape index (κ1) is 11.9. The first-order chi connectivity index (χ1) is 5.70. The van der Waals surface area contributed by atoms with E-state index < -0.39 is 0 Å². The van der Waals surface area contributed by atoms with Gasteiger partial charge in [0.05, 0.1) is 6.10 Å². The average molecular weight is 173 g/mol. The van der Waals surface area contributed by atoms with Crippen molar-refractivity contribution >= 4 is 0 Å². The van der Waals surface area contributed by atoms with Crippen LogP contribution in [0.5, 0.6) is 0 Å². The molecule has 0 radical (unpaired) electrons. The van der Waals surface area contributed by atoms with Crippen LogP contribution < -0.4 is 0 Å². The van der Waals surface area contributed by atoms with E-state index in [1.165, 1.54) is 12.8 Å². The Morgan fingerprint density at radius 3 is 2.08 bits per heavy atom. The zero-order valence-corrected chi connectivity index (χ0v) is 8.88. The highest BCUT2D eigenvalue weighted by atomic mass is 16.3. The molecule has 0 aromatic heterocycles. The molecular weight excluding hydrogens is 150 g/mol. The van der Waals surface area contributed by atoms with Crippen molar-refractivity contribution in [2.24, 2.45) is 0 Å². The van der Waals surface area contributed by atoms with Crippen molar-refractivity contribution in [2.45, 2.75) is 51.7 Å². The van der Waals surface area contributed by atoms with Crippen molar-refractivity contribution in [3.05, 3.63) is 0 Å². The summed E-state index contributed by atoms with van der Waals surface area (Å²) in [4.78, 5) is 2.21. The second-order valence-electron chi connectivity index (χ2n) is 3.44. The van der Waals surface area contributed by atoms with Crippen LogP contribution in [-0.4, -0.2) is 36.2 Å². The fraction of sp³-hybridized carbons (Fsp3) is 1.00. The van der Waals surface area contributed by atoms with Crippen molar-refractivity contribution in [3.63, 3.8) is 0 Å². The molecule has 0 aliphatic heterocycles. The molecule has 0 bridgehead atoms. The Kier molecular flexibility index (Phi) is 6.39. The summed E-state index contributed by atoms with van der Waals surface area (Å²) >= 11 is 0. The third-order valence-corrected chi connectivity index (χ3v) is 2.35. The van der Waals surface area contributed by atoms with Gasteiger partial charge in [-0.05, 0) is 39.8 Å². The highest BCUT2D eigenvalue weighted by Crippen LogP contribution is 2.20. The molecule has 1 aliphatic carbocycles. The van der Waals surface area contributed by atoms with Gasteiger partial charge in [0.2, 0.25) is 0 Å². The Morgan fingerprint density at radius 1 is 1.17 bits per heavy atom. The van der Waals surface area contributed by atoms with Gasteiger partial charge in [0, 0.05) is 6.04 Å². The van der Waals surface area contributed by atoms with Crippen molar-refractivity contribution in [2.75, 3.05) is 14.1 Å². The minimum atomic E-state index is -0.0406. The maximum absolute atomic E-state index is 9.30. The van der Waals surface area contributed by atoms with Crippen molar-refractivity contribution in [1.29, 1.82) is 0 Å². The third-order valence-electron chi connectivity index (χ3n) is 2.35. The highest BCUT2D eigenvalue weighted by Gasteiger charge is 2.20. The van der Waals surface area contributed by atoms with Gasteiger partial charge >= 0.3 is 0 Å². The Labute approximate surface area is 76.6 Å². The maximum Gasteiger partial charge on any atom is 0.0555 e. The molecule has 0 aromatic rings. The lowest BCUT2D eigenvalue weighted by Gasteiger charge is -2.30. The minimum absolute atomic E-state index is 0.0406. The quantitative estimate of drug-likeness (QED) is 0.654. The molecule has 74 valence electrons. The maximum atomic E-state index is 9.30. The number of rotatable bonds is 1. The zero-order chi connectivity index (χ0) is 9.56. The lowest BCUT2D eigenvalue weighted by atomic mass is 9.92. The monoisotopic (exact) mass is 173 g/mol. The van der Waals surface area contributed by atoms with Crippen molar-refractivity contribution < 1.29 is 5.11 Å². The average Bonchev–Trinajstić information content (AvgIpc) is 2.08. The molecule has 1 saturated carbocycles. The van der Waals surface area contributed by atoms with E-state index in [0.29, 0.717) is 6.04 Å². The molecule has 2 nitrogen and oxygen atoms in total. The number of nitrogens with zero attached hydrogens (tertiary/aromatic N) is 1. The normalized spacial score (nSPS) is 29.5. The van der Waals surface area contributed by atoms with E-state index in [2.05, 4.69) is 19.0 Å². The fourth-order valence-corrected chi connectivity index (χ4v) is 1.61. The summed E-state index contributed by atoms with van der Waals surface area (Å²) in [5.74, 6) is 0. The van der Waals surface area contributed by atoms with Gasteiger partial charge in [-0.2, -0.15) is 0 Å². The molecule has 12 heavy (non-hydrogen) atoms. The van der Waals surface area contributed by atoms with E-state index in [0.717, 1.165) is 12.8 Å². The van der Waals surface area contributed by atoms with Crippen molar-refractivity contribution in [3.8, 4) is 0 Å². The molecular formula is C10H23NO. The summed E-state index contributed by atoms with van der Waals surface area (Å²) in [6.07, 6.45) is 4.37. The molecule has 2 unspecified atom stereocenters. The first-order valence-electron chi connectivity index (χ1n) is 5.04. The number of aliphatic hydroxyl groups is 1. The van der Waals surface area contributed by atoms with Gasteiger partial charge in [0.1, 0.15) is 0 Å². The Bertz CT molecular complexity index is 104. The van der Waals surface area contributed by atoms with Crippen LogP contribution in [0.15, 0.2) is 0 Å². The van der Waals surface area contributed by atoms with E-state index >= 15 is 0 Å². The number of hydrogen-bond acceptors (Lipinski definition) is 2. The van der Waals surface area contributed by atoms with Crippen LogP contribution in [0.25, 0.3) is 0 Å². The SMILES string of the molecule is CC.CN(C)C1CCCC(O)C1. The molecule has 1 aliphatic rings. The molecule has 2 heteroatoms. The topological polar surface area (TPSA) is 23.5 Å². The number of hydrogen-bond donors (Lipinski definition) is 1. The minimum Gasteiger partial charge on any atom is -0.393 e. The van der Waals surface area contributed by atoms with Crippen molar-refractivity contribution in [1.82, 2.24) is 4.90 Å². The fourth-order valence-electron chi connectivity index (χ4n) is 1.61. The summed E-state index contributed by atoms with van der Waals surface area (Å²) in [5, 5.41) is 9.30. The first-order valence-corrected chi connectivity index (χ1v) is 5.04. The summed E-state index contributed by atoms with van der Waals surface area (Å²) < 4.78 is 0. The van der Waals surface area contributed by atoms with Gasteiger partial charge < -0.3 is 10.0 Å². The van der Waals surface area contributed by atoms with E-state index in [4.69, 9.17) is 0 Å². The highest BCUT2D eigenvalue weighted by molar-refractivity contribution is 4.76.